The molecule has 1 aromatic carbocycles. The number of hydrogen-bond donors (Lipinski definition) is 1. The van der Waals surface area contributed by atoms with Crippen molar-refractivity contribution in [1.82, 2.24) is 0 Å². The molecule has 1 nitrogen and oxygen atoms in total. The van der Waals surface area contributed by atoms with Gasteiger partial charge in [0.2, 0.25) is 0 Å². The lowest BCUT2D eigenvalue weighted by molar-refractivity contribution is 0.949. The van der Waals surface area contributed by atoms with E-state index < -0.39 is 0 Å². The molecule has 0 N–H and O–H groups in total. The number of hydrogen-bond acceptors (Lipinski definition) is 2. The van der Waals surface area contributed by atoms with E-state index in [1.807, 2.05) is 0 Å². The lowest BCUT2D eigenvalue weighted by Gasteiger charge is -2.17. The van der Waals surface area contributed by atoms with Crippen LogP contribution in [-0.2, 0) is 6.42 Å². The van der Waals surface area contributed by atoms with Crippen molar-refractivity contribution >= 4 is 18.3 Å². The van der Waals surface area contributed by atoms with Crippen LogP contribution in [0.5, 0.6) is 0 Å². The Morgan fingerprint density at radius 3 is 2.29 bits per heavy atom. The van der Waals surface area contributed by atoms with Gasteiger partial charge in [-0.25, -0.2) is 0 Å². The van der Waals surface area contributed by atoms with Crippen molar-refractivity contribution in [1.29, 1.82) is 0 Å². The van der Waals surface area contributed by atoms with Crippen molar-refractivity contribution in [3.8, 4) is 0 Å². The van der Waals surface area contributed by atoms with Crippen molar-refractivity contribution in [3.05, 3.63) is 29.8 Å². The molecule has 76 valence electrons. The zero-order valence-electron chi connectivity index (χ0n) is 8.45. The lowest BCUT2D eigenvalue weighted by Crippen LogP contribution is -2.17. The molecule has 0 saturated carbocycles. The number of aryl methyl sites for hydroxylation is 1. The monoisotopic (exact) mass is 207 g/mol. The second-order valence-corrected chi connectivity index (χ2v) is 4.28. The Morgan fingerprint density at radius 1 is 1.07 bits per heavy atom. The van der Waals surface area contributed by atoms with Gasteiger partial charge in [-0.3, -0.25) is 0 Å². The minimum atomic E-state index is 0.934. The molecule has 1 heterocycles. The van der Waals surface area contributed by atoms with E-state index in [0.29, 0.717) is 0 Å². The first-order valence-electron chi connectivity index (χ1n) is 5.35. The summed E-state index contributed by atoms with van der Waals surface area (Å²) in [5, 5.41) is 0. The highest BCUT2D eigenvalue weighted by Crippen LogP contribution is 2.20. The van der Waals surface area contributed by atoms with Crippen LogP contribution in [0.3, 0.4) is 0 Å². The molecule has 1 aliphatic rings. The van der Waals surface area contributed by atoms with E-state index in [0.717, 1.165) is 12.2 Å². The number of nitrogens with zero attached hydrogens (tertiary/aromatic N) is 1. The molecule has 1 aromatic rings. The Bertz CT molecular complexity index is 275. The number of thiol groups is 1. The first-order chi connectivity index (χ1) is 6.90. The van der Waals surface area contributed by atoms with E-state index >= 15 is 0 Å². The molecule has 0 amide bonds. The van der Waals surface area contributed by atoms with E-state index in [9.17, 15) is 0 Å². The van der Waals surface area contributed by atoms with Crippen molar-refractivity contribution in [2.45, 2.75) is 19.3 Å². The van der Waals surface area contributed by atoms with Gasteiger partial charge in [0.1, 0.15) is 0 Å². The molecule has 0 atom stereocenters. The molecule has 2 heteroatoms. The van der Waals surface area contributed by atoms with Crippen LogP contribution in [0.1, 0.15) is 18.4 Å². The first-order valence-corrected chi connectivity index (χ1v) is 5.98. The number of benzene rings is 1. The van der Waals surface area contributed by atoms with Crippen LogP contribution in [0.25, 0.3) is 0 Å². The Kier molecular flexibility index (Phi) is 3.35. The SMILES string of the molecule is SCCc1ccc(N2CCCC2)cc1. The highest BCUT2D eigenvalue weighted by Gasteiger charge is 2.11. The summed E-state index contributed by atoms with van der Waals surface area (Å²) >= 11 is 4.23. The smallest absolute Gasteiger partial charge is 0.0366 e. The molecule has 14 heavy (non-hydrogen) atoms. The fourth-order valence-corrected chi connectivity index (χ4v) is 2.24. The molecular formula is C12H17NS. The van der Waals surface area contributed by atoms with E-state index in [-0.39, 0.29) is 0 Å². The summed E-state index contributed by atoms with van der Waals surface area (Å²) in [7, 11) is 0. The maximum absolute atomic E-state index is 4.23. The van der Waals surface area contributed by atoms with Crippen LogP contribution in [-0.4, -0.2) is 18.8 Å². The Morgan fingerprint density at radius 2 is 1.71 bits per heavy atom. The molecule has 0 spiro atoms. The molecule has 1 aliphatic heterocycles. The molecule has 0 bridgehead atoms. The molecular weight excluding hydrogens is 190 g/mol. The van der Waals surface area contributed by atoms with Crippen LogP contribution >= 0.6 is 12.6 Å². The highest BCUT2D eigenvalue weighted by molar-refractivity contribution is 7.80. The van der Waals surface area contributed by atoms with Gasteiger partial charge in [0, 0.05) is 18.8 Å². The minimum Gasteiger partial charge on any atom is -0.372 e. The second kappa shape index (κ2) is 4.74. The third-order valence-electron chi connectivity index (χ3n) is 2.81. The lowest BCUT2D eigenvalue weighted by atomic mass is 10.1. The summed E-state index contributed by atoms with van der Waals surface area (Å²) in [6.45, 7) is 2.46. The summed E-state index contributed by atoms with van der Waals surface area (Å²) in [6, 6.07) is 8.93. The summed E-state index contributed by atoms with van der Waals surface area (Å²) in [4.78, 5) is 2.46. The number of rotatable bonds is 3. The second-order valence-electron chi connectivity index (χ2n) is 3.83. The van der Waals surface area contributed by atoms with E-state index in [2.05, 4.69) is 41.8 Å². The van der Waals surface area contributed by atoms with E-state index in [1.165, 1.54) is 37.2 Å². The molecule has 0 unspecified atom stereocenters. The third-order valence-corrected chi connectivity index (χ3v) is 3.03. The van der Waals surface area contributed by atoms with Crippen LogP contribution in [0.2, 0.25) is 0 Å². The zero-order valence-corrected chi connectivity index (χ0v) is 9.34. The van der Waals surface area contributed by atoms with Crippen molar-refractivity contribution < 1.29 is 0 Å². The van der Waals surface area contributed by atoms with Gasteiger partial charge in [0.15, 0.2) is 0 Å². The maximum Gasteiger partial charge on any atom is 0.0366 e. The molecule has 1 fully saturated rings. The van der Waals surface area contributed by atoms with Gasteiger partial charge < -0.3 is 4.90 Å². The molecule has 0 aliphatic carbocycles. The largest absolute Gasteiger partial charge is 0.372 e. The summed E-state index contributed by atoms with van der Waals surface area (Å²) in [5.74, 6) is 0.934. The van der Waals surface area contributed by atoms with Gasteiger partial charge >= 0.3 is 0 Å². The molecule has 1 saturated heterocycles. The van der Waals surface area contributed by atoms with Gasteiger partial charge in [0.05, 0.1) is 0 Å². The van der Waals surface area contributed by atoms with Crippen LogP contribution in [0, 0.1) is 0 Å². The quantitative estimate of drug-likeness (QED) is 0.746. The highest BCUT2D eigenvalue weighted by atomic mass is 32.1. The Hall–Kier alpha value is -0.630. The predicted octanol–water partition coefficient (Wildman–Crippen LogP) is 2.76. The Labute approximate surface area is 91.5 Å². The van der Waals surface area contributed by atoms with Gasteiger partial charge in [-0.1, -0.05) is 12.1 Å². The van der Waals surface area contributed by atoms with Gasteiger partial charge in [-0.05, 0) is 42.7 Å². The normalized spacial score (nSPS) is 16.2. The maximum atomic E-state index is 4.23. The summed E-state index contributed by atoms with van der Waals surface area (Å²) in [5.41, 5.74) is 2.77. The van der Waals surface area contributed by atoms with Crippen LogP contribution in [0.4, 0.5) is 5.69 Å². The third kappa shape index (κ3) is 2.24. The van der Waals surface area contributed by atoms with Gasteiger partial charge in [0.25, 0.3) is 0 Å². The molecule has 0 radical (unpaired) electrons. The number of anilines is 1. The fraction of sp³-hybridized carbons (Fsp3) is 0.500. The summed E-state index contributed by atoms with van der Waals surface area (Å²) in [6.07, 6.45) is 3.76. The average Bonchev–Trinajstić information content (AvgIpc) is 2.72. The first kappa shape index (κ1) is 9.91. The predicted molar refractivity (Wildman–Crippen MR) is 65.4 cm³/mol. The topological polar surface area (TPSA) is 3.24 Å². The van der Waals surface area contributed by atoms with E-state index in [4.69, 9.17) is 0 Å². The minimum absolute atomic E-state index is 0.934. The van der Waals surface area contributed by atoms with Gasteiger partial charge in [-0.15, -0.1) is 0 Å². The average molecular weight is 207 g/mol. The van der Waals surface area contributed by atoms with E-state index in [1.54, 1.807) is 0 Å². The van der Waals surface area contributed by atoms with Crippen molar-refractivity contribution in [3.63, 3.8) is 0 Å². The van der Waals surface area contributed by atoms with Crippen molar-refractivity contribution in [2.75, 3.05) is 23.7 Å². The fourth-order valence-electron chi connectivity index (χ4n) is 1.98. The summed E-state index contributed by atoms with van der Waals surface area (Å²) < 4.78 is 0. The van der Waals surface area contributed by atoms with Gasteiger partial charge in [-0.2, -0.15) is 12.6 Å². The Balaban J connectivity index is 2.05. The van der Waals surface area contributed by atoms with Crippen LogP contribution in [0.15, 0.2) is 24.3 Å². The molecule has 2 rings (SSSR count). The van der Waals surface area contributed by atoms with Crippen molar-refractivity contribution in [2.24, 2.45) is 0 Å². The zero-order chi connectivity index (χ0) is 9.80. The van der Waals surface area contributed by atoms with Crippen LogP contribution < -0.4 is 4.90 Å². The standard InChI is InChI=1S/C12H17NS/c14-10-7-11-3-5-12(6-4-11)13-8-1-2-9-13/h3-6,14H,1-2,7-10H2. The molecule has 0 aromatic heterocycles.